The number of anilines is 4. The van der Waals surface area contributed by atoms with E-state index in [1.54, 1.807) is 0 Å². The molecule has 0 amide bonds. The molecule has 274 valence electrons. The Labute approximate surface area is 310 Å². The van der Waals surface area contributed by atoms with Crippen LogP contribution in [0.4, 0.5) is 22.7 Å². The largest absolute Gasteiger partial charge is 0.362 e. The lowest BCUT2D eigenvalue weighted by Crippen LogP contribution is -2.54. The van der Waals surface area contributed by atoms with E-state index in [4.69, 9.17) is 0 Å². The smallest absolute Gasteiger partial charge is 0.0928 e. The SMILES string of the molecule is CN1CN(c2ccc(Cc3ccc(N(C(C)(C)C)C(C)(C)C)cc3)cc2)CN(c2ccc(Cc3ccc(N(C(C)(C)C)C(C)(C)C)cc3)cc2)C1. The van der Waals surface area contributed by atoms with Crippen LogP contribution in [0.15, 0.2) is 97.1 Å². The first-order valence-electron chi connectivity index (χ1n) is 18.8. The molecule has 0 saturated carbocycles. The average molecular weight is 688 g/mol. The van der Waals surface area contributed by atoms with Crippen molar-refractivity contribution in [2.45, 2.75) is 118 Å². The maximum Gasteiger partial charge on any atom is 0.0928 e. The first-order valence-corrected chi connectivity index (χ1v) is 18.8. The molecule has 1 saturated heterocycles. The van der Waals surface area contributed by atoms with Crippen molar-refractivity contribution < 1.29 is 0 Å². The van der Waals surface area contributed by atoms with E-state index in [1.807, 2.05) is 0 Å². The van der Waals surface area contributed by atoms with Crippen LogP contribution in [0.25, 0.3) is 0 Å². The first-order chi connectivity index (χ1) is 23.7. The van der Waals surface area contributed by atoms with Crippen LogP contribution in [0.3, 0.4) is 0 Å². The van der Waals surface area contributed by atoms with Gasteiger partial charge in [-0.2, -0.15) is 0 Å². The van der Waals surface area contributed by atoms with Gasteiger partial charge >= 0.3 is 0 Å². The Kier molecular flexibility index (Phi) is 10.9. The van der Waals surface area contributed by atoms with E-state index in [0.29, 0.717) is 0 Å². The van der Waals surface area contributed by atoms with Crippen molar-refractivity contribution in [3.8, 4) is 0 Å². The molecule has 0 N–H and O–H groups in total. The van der Waals surface area contributed by atoms with Crippen molar-refractivity contribution in [1.29, 1.82) is 0 Å². The van der Waals surface area contributed by atoms with Crippen LogP contribution < -0.4 is 19.6 Å². The van der Waals surface area contributed by atoms with Crippen LogP contribution >= 0.6 is 0 Å². The summed E-state index contributed by atoms with van der Waals surface area (Å²) in [6.07, 6.45) is 1.86. The fourth-order valence-corrected chi connectivity index (χ4v) is 8.46. The summed E-state index contributed by atoms with van der Waals surface area (Å²) < 4.78 is 0. The molecule has 5 heteroatoms. The average Bonchev–Trinajstić information content (AvgIpc) is 3.01. The molecule has 0 aliphatic carbocycles. The second-order valence-electron chi connectivity index (χ2n) is 18.7. The van der Waals surface area contributed by atoms with Gasteiger partial charge in [0.05, 0.1) is 20.0 Å². The lowest BCUT2D eigenvalue weighted by molar-refractivity contribution is 0.293. The van der Waals surface area contributed by atoms with Gasteiger partial charge in [-0.1, -0.05) is 48.5 Å². The van der Waals surface area contributed by atoms with Gasteiger partial charge in [-0.3, -0.25) is 4.90 Å². The third kappa shape index (κ3) is 9.68. The molecule has 0 radical (unpaired) electrons. The van der Waals surface area contributed by atoms with Crippen LogP contribution in [0, 0.1) is 0 Å². The maximum atomic E-state index is 2.51. The number of hydrogen-bond acceptors (Lipinski definition) is 5. The molecule has 4 aromatic carbocycles. The van der Waals surface area contributed by atoms with E-state index in [-0.39, 0.29) is 22.2 Å². The third-order valence-corrected chi connectivity index (χ3v) is 9.66. The summed E-state index contributed by atoms with van der Waals surface area (Å²) in [5.74, 6) is 0. The molecule has 1 fully saturated rings. The Hall–Kier alpha value is -3.96. The fraction of sp³-hybridized carbons (Fsp3) is 0.478. The molecule has 1 aliphatic heterocycles. The lowest BCUT2D eigenvalue weighted by atomic mass is 9.94. The van der Waals surface area contributed by atoms with Crippen molar-refractivity contribution in [2.75, 3.05) is 46.7 Å². The fourth-order valence-electron chi connectivity index (χ4n) is 8.46. The summed E-state index contributed by atoms with van der Waals surface area (Å²) in [5, 5.41) is 0. The Bertz CT molecular complexity index is 1540. The standard InChI is InChI=1S/C46H65N5/c1-43(2,3)50(44(4,5)6)41-26-18-37(19-27-41)30-35-14-22-39(23-15-35)48-32-47(13)33-49(34-48)40-24-16-36(17-25-40)31-38-20-28-42(29-21-38)51(45(7,8)9)46(10,11)12/h14-29H,30-34H2,1-13H3. The normalized spacial score (nSPS) is 14.9. The first kappa shape index (κ1) is 38.3. The van der Waals surface area contributed by atoms with E-state index in [9.17, 15) is 0 Å². The van der Waals surface area contributed by atoms with E-state index in [2.05, 4.69) is 212 Å². The van der Waals surface area contributed by atoms with Gasteiger partial charge in [0.25, 0.3) is 0 Å². The number of nitrogens with zero attached hydrogens (tertiary/aromatic N) is 5. The van der Waals surface area contributed by atoms with Gasteiger partial charge in [0.2, 0.25) is 0 Å². The predicted octanol–water partition coefficient (Wildman–Crippen LogP) is 10.8. The summed E-state index contributed by atoms with van der Waals surface area (Å²) in [6.45, 7) is 30.2. The summed E-state index contributed by atoms with van der Waals surface area (Å²) in [4.78, 5) is 12.3. The highest BCUT2D eigenvalue weighted by molar-refractivity contribution is 5.56. The van der Waals surface area contributed by atoms with Gasteiger partial charge in [-0.05, 0) is 174 Å². The van der Waals surface area contributed by atoms with Crippen molar-refractivity contribution in [2.24, 2.45) is 0 Å². The van der Waals surface area contributed by atoms with Gasteiger partial charge in [0, 0.05) is 44.9 Å². The van der Waals surface area contributed by atoms with Crippen molar-refractivity contribution in [1.82, 2.24) is 4.90 Å². The topological polar surface area (TPSA) is 16.2 Å². The Morgan fingerprint density at radius 1 is 0.392 bits per heavy atom. The zero-order valence-electron chi connectivity index (χ0n) is 34.0. The van der Waals surface area contributed by atoms with E-state index < -0.39 is 0 Å². The highest BCUT2D eigenvalue weighted by Gasteiger charge is 2.32. The zero-order valence-corrected chi connectivity index (χ0v) is 34.0. The van der Waals surface area contributed by atoms with Crippen molar-refractivity contribution in [3.05, 3.63) is 119 Å². The summed E-state index contributed by atoms with van der Waals surface area (Å²) in [5.41, 5.74) is 10.6. The molecule has 1 aliphatic rings. The highest BCUT2D eigenvalue weighted by atomic mass is 15.5. The lowest BCUT2D eigenvalue weighted by Gasteiger charge is -2.47. The molecule has 4 aromatic rings. The van der Waals surface area contributed by atoms with Crippen LogP contribution in [-0.4, -0.2) is 54.1 Å². The second-order valence-corrected chi connectivity index (χ2v) is 18.7. The number of benzene rings is 4. The minimum atomic E-state index is 0.0477. The molecule has 0 bridgehead atoms. The van der Waals surface area contributed by atoms with Crippen molar-refractivity contribution in [3.63, 3.8) is 0 Å². The van der Waals surface area contributed by atoms with Gasteiger partial charge in [0.15, 0.2) is 0 Å². The number of hydrogen-bond donors (Lipinski definition) is 0. The third-order valence-electron chi connectivity index (χ3n) is 9.66. The molecule has 5 nitrogen and oxygen atoms in total. The molecule has 0 aromatic heterocycles. The summed E-state index contributed by atoms with van der Waals surface area (Å²) in [6, 6.07) is 36.7. The van der Waals surface area contributed by atoms with Crippen molar-refractivity contribution >= 4 is 22.7 Å². The minimum absolute atomic E-state index is 0.0477. The molecule has 51 heavy (non-hydrogen) atoms. The molecule has 0 atom stereocenters. The van der Waals surface area contributed by atoms with Gasteiger partial charge in [-0.25, -0.2) is 0 Å². The Balaban J connectivity index is 1.20. The predicted molar refractivity (Wildman–Crippen MR) is 223 cm³/mol. The molecular formula is C46H65N5. The quantitative estimate of drug-likeness (QED) is 0.183. The zero-order chi connectivity index (χ0) is 37.4. The monoisotopic (exact) mass is 688 g/mol. The number of rotatable bonds is 8. The highest BCUT2D eigenvalue weighted by Crippen LogP contribution is 2.34. The Morgan fingerprint density at radius 3 is 0.902 bits per heavy atom. The van der Waals surface area contributed by atoms with E-state index in [0.717, 1.165) is 32.8 Å². The molecule has 5 rings (SSSR count). The Morgan fingerprint density at radius 2 is 0.647 bits per heavy atom. The molecular weight excluding hydrogens is 623 g/mol. The maximum absolute atomic E-state index is 2.51. The second kappa shape index (κ2) is 14.6. The van der Waals surface area contributed by atoms with Crippen LogP contribution in [0.2, 0.25) is 0 Å². The van der Waals surface area contributed by atoms with Gasteiger partial charge in [-0.15, -0.1) is 0 Å². The van der Waals surface area contributed by atoms with Crippen LogP contribution in [0.1, 0.15) is 105 Å². The molecule has 0 unspecified atom stereocenters. The van der Waals surface area contributed by atoms with Gasteiger partial charge < -0.3 is 19.6 Å². The minimum Gasteiger partial charge on any atom is -0.362 e. The molecule has 1 heterocycles. The summed E-state index contributed by atoms with van der Waals surface area (Å²) >= 11 is 0. The van der Waals surface area contributed by atoms with E-state index >= 15 is 0 Å². The summed E-state index contributed by atoms with van der Waals surface area (Å²) in [7, 11) is 2.20. The van der Waals surface area contributed by atoms with Crippen LogP contribution in [-0.2, 0) is 12.8 Å². The van der Waals surface area contributed by atoms with Crippen LogP contribution in [0.5, 0.6) is 0 Å². The van der Waals surface area contributed by atoms with E-state index in [1.165, 1.54) is 45.0 Å². The molecule has 0 spiro atoms. The van der Waals surface area contributed by atoms with Gasteiger partial charge in [0.1, 0.15) is 0 Å².